The molecular weight excluding hydrogens is 312 g/mol. The summed E-state index contributed by atoms with van der Waals surface area (Å²) in [5.41, 5.74) is 0. The van der Waals surface area contributed by atoms with Gasteiger partial charge in [-0.3, -0.25) is 9.59 Å². The van der Waals surface area contributed by atoms with Crippen LogP contribution in [-0.4, -0.2) is 23.8 Å². The van der Waals surface area contributed by atoms with E-state index in [9.17, 15) is 9.59 Å². The molecule has 0 aliphatic carbocycles. The maximum atomic E-state index is 12.6. The van der Waals surface area contributed by atoms with E-state index < -0.39 is 0 Å². The first-order valence-electron chi connectivity index (χ1n) is 7.68. The Morgan fingerprint density at radius 1 is 1.43 bits per heavy atom. The van der Waals surface area contributed by atoms with Gasteiger partial charge in [0.15, 0.2) is 0 Å². The molecule has 0 saturated carbocycles. The number of thiophene rings is 1. The van der Waals surface area contributed by atoms with Gasteiger partial charge in [-0.2, -0.15) is 0 Å². The lowest BCUT2D eigenvalue weighted by atomic mass is 9.87. The Hall–Kier alpha value is -2.08. The maximum Gasteiger partial charge on any atom is 0.225 e. The molecule has 2 aromatic heterocycles. The lowest BCUT2D eigenvalue weighted by Gasteiger charge is -2.37. The Balaban J connectivity index is 1.73. The first-order chi connectivity index (χ1) is 11.1. The van der Waals surface area contributed by atoms with Gasteiger partial charge in [0.2, 0.25) is 11.8 Å². The van der Waals surface area contributed by atoms with Crippen LogP contribution in [-0.2, 0) is 16.1 Å². The zero-order chi connectivity index (χ0) is 16.4. The molecule has 1 N–H and O–H groups in total. The van der Waals surface area contributed by atoms with Crippen LogP contribution in [0.15, 0.2) is 34.1 Å². The van der Waals surface area contributed by atoms with Crippen molar-refractivity contribution >= 4 is 23.2 Å². The van der Waals surface area contributed by atoms with Crippen molar-refractivity contribution in [2.24, 2.45) is 5.92 Å². The van der Waals surface area contributed by atoms with Gasteiger partial charge in [0.05, 0.1) is 18.5 Å². The minimum absolute atomic E-state index is 0.0307. The first kappa shape index (κ1) is 15.8. The van der Waals surface area contributed by atoms with Crippen molar-refractivity contribution in [1.29, 1.82) is 0 Å². The zero-order valence-corrected chi connectivity index (χ0v) is 14.1. The standard InChI is InChI=1S/C17H20N2O3S/c1-11-5-6-12(22-11)10-18-17(21)13-7-8-15(20)19(2)16(13)14-4-3-9-23-14/h3-6,9,13,16H,7-8,10H2,1-2H3,(H,18,21). The number of rotatable bonds is 4. The number of carbonyl (C=O) groups is 2. The highest BCUT2D eigenvalue weighted by molar-refractivity contribution is 7.10. The summed E-state index contributed by atoms with van der Waals surface area (Å²) in [5.74, 6) is 1.40. The van der Waals surface area contributed by atoms with Crippen molar-refractivity contribution < 1.29 is 14.0 Å². The van der Waals surface area contributed by atoms with Crippen molar-refractivity contribution in [1.82, 2.24) is 10.2 Å². The number of nitrogens with one attached hydrogen (secondary N) is 1. The highest BCUT2D eigenvalue weighted by Gasteiger charge is 2.39. The fourth-order valence-corrected chi connectivity index (χ4v) is 3.98. The van der Waals surface area contributed by atoms with Crippen molar-refractivity contribution in [2.45, 2.75) is 32.4 Å². The molecule has 2 amide bonds. The minimum Gasteiger partial charge on any atom is -0.465 e. The molecule has 0 spiro atoms. The molecule has 1 aliphatic heterocycles. The Morgan fingerprint density at radius 2 is 2.26 bits per heavy atom. The second-order valence-corrected chi connectivity index (χ2v) is 6.82. The van der Waals surface area contributed by atoms with Crippen LogP contribution in [0.1, 0.15) is 35.3 Å². The summed E-state index contributed by atoms with van der Waals surface area (Å²) >= 11 is 1.58. The minimum atomic E-state index is -0.229. The highest BCUT2D eigenvalue weighted by atomic mass is 32.1. The number of carbonyl (C=O) groups excluding carboxylic acids is 2. The molecule has 1 saturated heterocycles. The molecular formula is C17H20N2O3S. The lowest BCUT2D eigenvalue weighted by Crippen LogP contribution is -2.45. The monoisotopic (exact) mass is 332 g/mol. The number of aryl methyl sites for hydroxylation is 1. The van der Waals surface area contributed by atoms with Crippen molar-refractivity contribution in [2.75, 3.05) is 7.05 Å². The van der Waals surface area contributed by atoms with Gasteiger partial charge < -0.3 is 14.6 Å². The molecule has 3 heterocycles. The van der Waals surface area contributed by atoms with E-state index in [-0.39, 0.29) is 23.8 Å². The molecule has 3 rings (SSSR count). The van der Waals surface area contributed by atoms with Gasteiger partial charge in [-0.1, -0.05) is 6.07 Å². The van der Waals surface area contributed by atoms with Crippen LogP contribution in [0.4, 0.5) is 0 Å². The molecule has 1 fully saturated rings. The second-order valence-electron chi connectivity index (χ2n) is 5.84. The van der Waals surface area contributed by atoms with E-state index in [0.29, 0.717) is 19.4 Å². The quantitative estimate of drug-likeness (QED) is 0.936. The number of piperidine rings is 1. The number of amides is 2. The topological polar surface area (TPSA) is 62.6 Å². The summed E-state index contributed by atoms with van der Waals surface area (Å²) in [6.07, 6.45) is 0.991. The Labute approximate surface area is 139 Å². The average Bonchev–Trinajstić information content (AvgIpc) is 3.19. The molecule has 2 atom stereocenters. The Bertz CT molecular complexity index is 693. The van der Waals surface area contributed by atoms with Crippen LogP contribution >= 0.6 is 11.3 Å². The molecule has 122 valence electrons. The van der Waals surface area contributed by atoms with E-state index in [0.717, 1.165) is 16.4 Å². The molecule has 5 nitrogen and oxygen atoms in total. The van der Waals surface area contributed by atoms with Gasteiger partial charge in [0.1, 0.15) is 11.5 Å². The van der Waals surface area contributed by atoms with Crippen LogP contribution in [0.25, 0.3) is 0 Å². The SMILES string of the molecule is Cc1ccc(CNC(=O)C2CCC(=O)N(C)C2c2cccs2)o1. The smallest absolute Gasteiger partial charge is 0.225 e. The van der Waals surface area contributed by atoms with Gasteiger partial charge in [0, 0.05) is 18.3 Å². The third-order valence-corrected chi connectivity index (χ3v) is 5.21. The van der Waals surface area contributed by atoms with E-state index in [1.165, 1.54) is 0 Å². The highest BCUT2D eigenvalue weighted by Crippen LogP contribution is 2.37. The predicted molar refractivity (Wildman–Crippen MR) is 87.8 cm³/mol. The van der Waals surface area contributed by atoms with Crippen LogP contribution in [0, 0.1) is 12.8 Å². The number of nitrogens with zero attached hydrogens (tertiary/aromatic N) is 1. The van der Waals surface area contributed by atoms with E-state index in [2.05, 4.69) is 5.32 Å². The van der Waals surface area contributed by atoms with Crippen LogP contribution < -0.4 is 5.32 Å². The maximum absolute atomic E-state index is 12.6. The summed E-state index contributed by atoms with van der Waals surface area (Å²) in [7, 11) is 1.78. The number of hydrogen-bond acceptors (Lipinski definition) is 4. The molecule has 1 aliphatic rings. The second kappa shape index (κ2) is 6.58. The lowest BCUT2D eigenvalue weighted by molar-refractivity contribution is -0.141. The van der Waals surface area contributed by atoms with E-state index in [1.54, 1.807) is 23.3 Å². The molecule has 0 radical (unpaired) electrons. The number of hydrogen-bond donors (Lipinski definition) is 1. The van der Waals surface area contributed by atoms with Crippen molar-refractivity contribution in [3.63, 3.8) is 0 Å². The van der Waals surface area contributed by atoms with E-state index in [4.69, 9.17) is 4.42 Å². The van der Waals surface area contributed by atoms with Crippen LogP contribution in [0.5, 0.6) is 0 Å². The fraction of sp³-hybridized carbons (Fsp3) is 0.412. The fourth-order valence-electron chi connectivity index (χ4n) is 3.05. The van der Waals surface area contributed by atoms with E-state index in [1.807, 2.05) is 36.6 Å². The molecule has 0 aromatic carbocycles. The van der Waals surface area contributed by atoms with E-state index >= 15 is 0 Å². The van der Waals surface area contributed by atoms with Gasteiger partial charge >= 0.3 is 0 Å². The average molecular weight is 332 g/mol. The Morgan fingerprint density at radius 3 is 2.91 bits per heavy atom. The summed E-state index contributed by atoms with van der Waals surface area (Å²) in [4.78, 5) is 27.4. The Kier molecular flexibility index (Phi) is 4.52. The van der Waals surface area contributed by atoms with Crippen LogP contribution in [0.3, 0.4) is 0 Å². The summed E-state index contributed by atoms with van der Waals surface area (Å²) < 4.78 is 5.48. The summed E-state index contributed by atoms with van der Waals surface area (Å²) in [6.45, 7) is 2.25. The molecule has 2 aromatic rings. The van der Waals surface area contributed by atoms with Crippen molar-refractivity contribution in [3.8, 4) is 0 Å². The molecule has 0 bridgehead atoms. The third-order valence-electron chi connectivity index (χ3n) is 4.27. The van der Waals surface area contributed by atoms with Gasteiger partial charge in [-0.15, -0.1) is 11.3 Å². The number of likely N-dealkylation sites (tertiary alicyclic amines) is 1. The van der Waals surface area contributed by atoms with Gasteiger partial charge in [-0.25, -0.2) is 0 Å². The molecule has 2 unspecified atom stereocenters. The summed E-state index contributed by atoms with van der Waals surface area (Å²) in [5, 5.41) is 4.92. The van der Waals surface area contributed by atoms with Gasteiger partial charge in [-0.05, 0) is 36.9 Å². The summed E-state index contributed by atoms with van der Waals surface area (Å²) in [6, 6.07) is 7.49. The third kappa shape index (κ3) is 3.32. The molecule has 23 heavy (non-hydrogen) atoms. The van der Waals surface area contributed by atoms with Crippen LogP contribution in [0.2, 0.25) is 0 Å². The first-order valence-corrected chi connectivity index (χ1v) is 8.56. The molecule has 6 heteroatoms. The predicted octanol–water partition coefficient (Wildman–Crippen LogP) is 2.88. The zero-order valence-electron chi connectivity index (χ0n) is 13.2. The number of furan rings is 1. The normalized spacial score (nSPS) is 21.5. The van der Waals surface area contributed by atoms with Crippen molar-refractivity contribution in [3.05, 3.63) is 46.0 Å². The largest absolute Gasteiger partial charge is 0.465 e. The van der Waals surface area contributed by atoms with Gasteiger partial charge in [0.25, 0.3) is 0 Å².